The monoisotopic (exact) mass is 304 g/mol. The van der Waals surface area contributed by atoms with Crippen molar-refractivity contribution in [1.82, 2.24) is 10.2 Å². The Morgan fingerprint density at radius 2 is 2.18 bits per heavy atom. The van der Waals surface area contributed by atoms with Gasteiger partial charge in [-0.2, -0.15) is 0 Å². The number of hydrogen-bond acceptors (Lipinski definition) is 4. The van der Waals surface area contributed by atoms with Crippen LogP contribution in [0.2, 0.25) is 0 Å². The molecule has 1 aromatic carbocycles. The molecule has 1 atom stereocenters. The predicted molar refractivity (Wildman–Crippen MR) is 85.0 cm³/mol. The first-order valence-electron chi connectivity index (χ1n) is 7.69. The summed E-state index contributed by atoms with van der Waals surface area (Å²) in [7, 11) is 0. The molecular formula is C16H24N4O2. The zero-order valence-electron chi connectivity index (χ0n) is 12.8. The van der Waals surface area contributed by atoms with Crippen LogP contribution >= 0.6 is 0 Å². The van der Waals surface area contributed by atoms with Gasteiger partial charge in [0.15, 0.2) is 0 Å². The van der Waals surface area contributed by atoms with Crippen molar-refractivity contribution in [2.24, 2.45) is 17.4 Å². The molecule has 2 amide bonds. The number of primary amides is 1. The summed E-state index contributed by atoms with van der Waals surface area (Å²) < 4.78 is 0. The number of nitrogens with two attached hydrogens (primary N) is 2. The van der Waals surface area contributed by atoms with Gasteiger partial charge in [0.25, 0.3) is 0 Å². The zero-order chi connectivity index (χ0) is 15.9. The van der Waals surface area contributed by atoms with Crippen LogP contribution in [0.15, 0.2) is 24.3 Å². The number of benzene rings is 1. The molecule has 1 saturated heterocycles. The van der Waals surface area contributed by atoms with Crippen LogP contribution in [0.1, 0.15) is 28.8 Å². The van der Waals surface area contributed by atoms with E-state index < -0.39 is 5.91 Å². The maximum absolute atomic E-state index is 12.0. The number of amides is 2. The molecule has 0 saturated carbocycles. The Morgan fingerprint density at radius 3 is 2.91 bits per heavy atom. The molecular weight excluding hydrogens is 280 g/mol. The molecule has 1 heterocycles. The van der Waals surface area contributed by atoms with E-state index in [1.165, 1.54) is 0 Å². The van der Waals surface area contributed by atoms with E-state index in [9.17, 15) is 9.59 Å². The summed E-state index contributed by atoms with van der Waals surface area (Å²) in [4.78, 5) is 25.5. The lowest BCUT2D eigenvalue weighted by Gasteiger charge is -2.32. The van der Waals surface area contributed by atoms with Crippen molar-refractivity contribution in [2.75, 3.05) is 26.2 Å². The first kappa shape index (κ1) is 16.5. The highest BCUT2D eigenvalue weighted by Crippen LogP contribution is 2.19. The molecule has 0 aliphatic carbocycles. The number of nitrogens with one attached hydrogen (secondary N) is 1. The molecule has 6 nitrogen and oxygen atoms in total. The molecule has 2 rings (SSSR count). The maximum Gasteiger partial charge on any atom is 0.248 e. The van der Waals surface area contributed by atoms with Crippen LogP contribution in [0.5, 0.6) is 0 Å². The highest BCUT2D eigenvalue weighted by molar-refractivity contribution is 5.92. The highest BCUT2D eigenvalue weighted by atomic mass is 16.2. The molecule has 0 bridgehead atoms. The number of carbonyl (C=O) groups excluding carboxylic acids is 2. The Labute approximate surface area is 130 Å². The van der Waals surface area contributed by atoms with Gasteiger partial charge < -0.3 is 16.8 Å². The number of nitrogens with zero attached hydrogens (tertiary/aromatic N) is 1. The lowest BCUT2D eigenvalue weighted by Crippen LogP contribution is -2.43. The predicted octanol–water partition coefficient (Wildman–Crippen LogP) is 0.0724. The number of carbonyl (C=O) groups is 2. The summed E-state index contributed by atoms with van der Waals surface area (Å²) >= 11 is 0. The second kappa shape index (κ2) is 7.91. The van der Waals surface area contributed by atoms with Crippen LogP contribution in [0.3, 0.4) is 0 Å². The van der Waals surface area contributed by atoms with Crippen LogP contribution in [0, 0.1) is 5.92 Å². The number of rotatable bonds is 6. The van der Waals surface area contributed by atoms with E-state index in [2.05, 4.69) is 10.2 Å². The van der Waals surface area contributed by atoms with Crippen LogP contribution < -0.4 is 16.8 Å². The van der Waals surface area contributed by atoms with Gasteiger partial charge in [-0.15, -0.1) is 0 Å². The lowest BCUT2D eigenvalue weighted by atomic mass is 9.96. The quantitative estimate of drug-likeness (QED) is 0.692. The summed E-state index contributed by atoms with van der Waals surface area (Å²) in [6.07, 6.45) is 1.91. The second-order valence-electron chi connectivity index (χ2n) is 5.72. The van der Waals surface area contributed by atoms with Gasteiger partial charge >= 0.3 is 0 Å². The fraction of sp³-hybridized carbons (Fsp3) is 0.500. The van der Waals surface area contributed by atoms with E-state index in [1.54, 1.807) is 6.07 Å². The molecule has 1 fully saturated rings. The van der Waals surface area contributed by atoms with Crippen LogP contribution in [0.25, 0.3) is 0 Å². The molecule has 5 N–H and O–H groups in total. The van der Waals surface area contributed by atoms with Crippen LogP contribution in [0.4, 0.5) is 0 Å². The normalized spacial score (nSPS) is 18.9. The van der Waals surface area contributed by atoms with Gasteiger partial charge in [-0.05, 0) is 37.1 Å². The fourth-order valence-corrected chi connectivity index (χ4v) is 2.83. The molecule has 0 aromatic heterocycles. The minimum Gasteiger partial charge on any atom is -0.366 e. The molecule has 22 heavy (non-hydrogen) atoms. The zero-order valence-corrected chi connectivity index (χ0v) is 12.8. The minimum absolute atomic E-state index is 0.0135. The largest absolute Gasteiger partial charge is 0.366 e. The molecule has 6 heteroatoms. The summed E-state index contributed by atoms with van der Waals surface area (Å²) in [6, 6.07) is 7.35. The van der Waals surface area contributed by atoms with Gasteiger partial charge in [-0.25, -0.2) is 0 Å². The molecule has 1 aliphatic heterocycles. The Kier molecular flexibility index (Phi) is 5.91. The third-order valence-corrected chi connectivity index (χ3v) is 3.94. The van der Waals surface area contributed by atoms with E-state index >= 15 is 0 Å². The Balaban J connectivity index is 1.94. The minimum atomic E-state index is -0.417. The van der Waals surface area contributed by atoms with Crippen LogP contribution in [-0.2, 0) is 11.3 Å². The van der Waals surface area contributed by atoms with Gasteiger partial charge in [0.05, 0.1) is 5.92 Å². The first-order valence-corrected chi connectivity index (χ1v) is 7.69. The number of hydrogen-bond donors (Lipinski definition) is 3. The Hall–Kier alpha value is -1.92. The van der Waals surface area contributed by atoms with E-state index in [-0.39, 0.29) is 11.8 Å². The molecule has 120 valence electrons. The molecule has 0 spiro atoms. The SMILES string of the molecule is NCCNC(=O)C1CCCN(Cc2cccc(C(N)=O)c2)C1. The van der Waals surface area contributed by atoms with Gasteiger partial charge in [0.2, 0.25) is 11.8 Å². The Bertz CT molecular complexity index is 533. The number of piperidine rings is 1. The Morgan fingerprint density at radius 1 is 1.36 bits per heavy atom. The average Bonchev–Trinajstić information content (AvgIpc) is 2.53. The first-order chi connectivity index (χ1) is 10.6. The lowest BCUT2D eigenvalue weighted by molar-refractivity contribution is -0.126. The third kappa shape index (κ3) is 4.54. The average molecular weight is 304 g/mol. The third-order valence-electron chi connectivity index (χ3n) is 3.94. The van der Waals surface area contributed by atoms with E-state index in [0.717, 1.165) is 38.0 Å². The van der Waals surface area contributed by atoms with E-state index in [0.29, 0.717) is 18.7 Å². The number of likely N-dealkylation sites (tertiary alicyclic amines) is 1. The van der Waals surface area contributed by atoms with Gasteiger partial charge in [0.1, 0.15) is 0 Å². The van der Waals surface area contributed by atoms with Crippen molar-refractivity contribution in [1.29, 1.82) is 0 Å². The van der Waals surface area contributed by atoms with E-state index in [4.69, 9.17) is 11.5 Å². The summed E-state index contributed by atoms with van der Waals surface area (Å²) in [5, 5.41) is 2.86. The molecule has 0 radical (unpaired) electrons. The highest BCUT2D eigenvalue weighted by Gasteiger charge is 2.25. The summed E-state index contributed by atoms with van der Waals surface area (Å²) in [5.74, 6) is -0.319. The second-order valence-corrected chi connectivity index (χ2v) is 5.72. The van der Waals surface area contributed by atoms with Gasteiger partial charge in [0, 0.05) is 31.7 Å². The standard InChI is InChI=1S/C16H24N4O2/c17-6-7-19-16(22)14-5-2-8-20(11-14)10-12-3-1-4-13(9-12)15(18)21/h1,3-4,9,14H,2,5-8,10-11,17H2,(H2,18,21)(H,19,22). The fourth-order valence-electron chi connectivity index (χ4n) is 2.83. The maximum atomic E-state index is 12.0. The van der Waals surface area contributed by atoms with Crippen molar-refractivity contribution >= 4 is 11.8 Å². The molecule has 1 aliphatic rings. The summed E-state index contributed by atoms with van der Waals surface area (Å²) in [6.45, 7) is 3.40. The topological polar surface area (TPSA) is 101 Å². The van der Waals surface area contributed by atoms with Gasteiger partial charge in [-0.3, -0.25) is 14.5 Å². The van der Waals surface area contributed by atoms with Crippen LogP contribution in [-0.4, -0.2) is 42.9 Å². The van der Waals surface area contributed by atoms with Crippen molar-refractivity contribution in [3.63, 3.8) is 0 Å². The van der Waals surface area contributed by atoms with Crippen molar-refractivity contribution < 1.29 is 9.59 Å². The molecule has 1 unspecified atom stereocenters. The van der Waals surface area contributed by atoms with Crippen molar-refractivity contribution in [3.8, 4) is 0 Å². The summed E-state index contributed by atoms with van der Waals surface area (Å²) in [5.41, 5.74) is 12.3. The van der Waals surface area contributed by atoms with Crippen molar-refractivity contribution in [2.45, 2.75) is 19.4 Å². The van der Waals surface area contributed by atoms with Gasteiger partial charge in [-0.1, -0.05) is 12.1 Å². The van der Waals surface area contributed by atoms with E-state index in [1.807, 2.05) is 18.2 Å². The smallest absolute Gasteiger partial charge is 0.248 e. The van der Waals surface area contributed by atoms with Crippen molar-refractivity contribution in [3.05, 3.63) is 35.4 Å². The molecule has 1 aromatic rings.